The number of imide groups is 1. The number of likely N-dealkylation sites (tertiary alicyclic amines) is 1. The van der Waals surface area contributed by atoms with Crippen molar-refractivity contribution in [2.45, 2.75) is 38.4 Å². The van der Waals surface area contributed by atoms with Gasteiger partial charge in [-0.15, -0.1) is 6.58 Å². The largest absolute Gasteiger partial charge is 0.306 e. The van der Waals surface area contributed by atoms with Gasteiger partial charge in [-0.1, -0.05) is 68.5 Å². The van der Waals surface area contributed by atoms with Crippen molar-refractivity contribution >= 4 is 23.4 Å². The summed E-state index contributed by atoms with van der Waals surface area (Å²) in [4.78, 5) is 44.6. The quantitative estimate of drug-likeness (QED) is 0.550. The molecule has 2 aromatic rings. The van der Waals surface area contributed by atoms with Crippen molar-refractivity contribution in [3.63, 3.8) is 0 Å². The Hall–Kier alpha value is -3.25. The molecule has 2 saturated heterocycles. The summed E-state index contributed by atoms with van der Waals surface area (Å²) < 4.78 is 0. The first-order valence-electron chi connectivity index (χ1n) is 11.6. The molecule has 0 aromatic heterocycles. The maximum absolute atomic E-state index is 14.0. The lowest BCUT2D eigenvalue weighted by Crippen LogP contribution is -2.55. The van der Waals surface area contributed by atoms with Crippen LogP contribution in [-0.4, -0.2) is 35.2 Å². The van der Waals surface area contributed by atoms with E-state index in [4.69, 9.17) is 0 Å². The lowest BCUT2D eigenvalue weighted by atomic mass is 9.76. The molecule has 4 atom stereocenters. The predicted molar refractivity (Wildman–Crippen MR) is 126 cm³/mol. The van der Waals surface area contributed by atoms with Gasteiger partial charge in [0.1, 0.15) is 5.54 Å². The minimum Gasteiger partial charge on any atom is -0.306 e. The Morgan fingerprint density at radius 3 is 2.39 bits per heavy atom. The van der Waals surface area contributed by atoms with Crippen LogP contribution in [0.4, 0.5) is 5.69 Å². The summed E-state index contributed by atoms with van der Waals surface area (Å²) in [6.45, 7) is 8.58. The molecule has 0 aliphatic carbocycles. The number of carbonyl (C=O) groups excluding carboxylic acids is 3. The summed E-state index contributed by atoms with van der Waals surface area (Å²) in [5.41, 5.74) is 1.22. The van der Waals surface area contributed by atoms with Gasteiger partial charge in [0, 0.05) is 23.8 Å². The van der Waals surface area contributed by atoms with E-state index < -0.39 is 17.4 Å². The zero-order chi connectivity index (χ0) is 23.3. The Bertz CT molecular complexity index is 1130. The molecule has 3 aliphatic heterocycles. The topological polar surface area (TPSA) is 69.7 Å². The molecular weight excluding hydrogens is 414 g/mol. The van der Waals surface area contributed by atoms with Gasteiger partial charge in [-0.05, 0) is 24.0 Å². The summed E-state index contributed by atoms with van der Waals surface area (Å²) in [6.07, 6.45) is 2.40. The van der Waals surface area contributed by atoms with Gasteiger partial charge >= 0.3 is 0 Å². The fourth-order valence-corrected chi connectivity index (χ4v) is 5.95. The van der Waals surface area contributed by atoms with Gasteiger partial charge in [0.25, 0.3) is 5.91 Å². The maximum Gasteiger partial charge on any atom is 0.253 e. The number of benzene rings is 2. The Kier molecular flexibility index (Phi) is 5.20. The number of rotatable bonds is 6. The van der Waals surface area contributed by atoms with Gasteiger partial charge in [0.2, 0.25) is 11.8 Å². The Balaban J connectivity index is 1.63. The molecular formula is C27H29N3O3. The predicted octanol–water partition coefficient (Wildman–Crippen LogP) is 3.23. The number of para-hydroxylation sites is 1. The third-order valence-corrected chi connectivity index (χ3v) is 7.18. The van der Waals surface area contributed by atoms with E-state index in [9.17, 15) is 14.4 Å². The molecule has 1 spiro atoms. The van der Waals surface area contributed by atoms with E-state index in [1.807, 2.05) is 54.6 Å². The molecule has 2 aromatic carbocycles. The number of nitrogens with zero attached hydrogens (tertiary/aromatic N) is 2. The molecule has 0 saturated carbocycles. The third-order valence-electron chi connectivity index (χ3n) is 7.18. The van der Waals surface area contributed by atoms with E-state index in [1.165, 1.54) is 4.90 Å². The number of hydrogen-bond acceptors (Lipinski definition) is 4. The van der Waals surface area contributed by atoms with Crippen molar-refractivity contribution in [3.05, 3.63) is 78.4 Å². The third kappa shape index (κ3) is 3.08. The first kappa shape index (κ1) is 21.6. The van der Waals surface area contributed by atoms with Crippen LogP contribution in [0.15, 0.2) is 67.3 Å². The Labute approximate surface area is 194 Å². The van der Waals surface area contributed by atoms with E-state index in [0.29, 0.717) is 18.9 Å². The number of nitrogens with one attached hydrogen (secondary N) is 1. The van der Waals surface area contributed by atoms with Crippen LogP contribution in [-0.2, 0) is 26.5 Å². The molecule has 2 fully saturated rings. The molecule has 0 unspecified atom stereocenters. The lowest BCUT2D eigenvalue weighted by Gasteiger charge is -2.31. The van der Waals surface area contributed by atoms with E-state index in [1.54, 1.807) is 11.0 Å². The molecule has 3 amide bonds. The van der Waals surface area contributed by atoms with Crippen LogP contribution in [0.5, 0.6) is 0 Å². The molecule has 3 heterocycles. The molecule has 33 heavy (non-hydrogen) atoms. The number of hydrogen-bond donors (Lipinski definition) is 1. The average Bonchev–Trinajstić information content (AvgIpc) is 3.35. The molecule has 170 valence electrons. The van der Waals surface area contributed by atoms with E-state index in [2.05, 4.69) is 25.7 Å². The smallest absolute Gasteiger partial charge is 0.253 e. The SMILES string of the molecule is C=CCN1C(=O)[C@]2(N[C@H](CC(C)C)[C@@H]3C(=O)N(Cc4ccccc4)C(=O)[C@@H]32)c2ccccc21. The van der Waals surface area contributed by atoms with Crippen molar-refractivity contribution in [1.29, 1.82) is 0 Å². The summed E-state index contributed by atoms with van der Waals surface area (Å²) in [5.74, 6) is -1.65. The summed E-state index contributed by atoms with van der Waals surface area (Å²) in [5, 5.41) is 3.55. The summed E-state index contributed by atoms with van der Waals surface area (Å²) >= 11 is 0. The number of anilines is 1. The minimum absolute atomic E-state index is 0.174. The lowest BCUT2D eigenvalue weighted by molar-refractivity contribution is -0.143. The second kappa shape index (κ2) is 7.96. The zero-order valence-electron chi connectivity index (χ0n) is 19.0. The average molecular weight is 444 g/mol. The first-order chi connectivity index (χ1) is 15.9. The highest BCUT2D eigenvalue weighted by Gasteiger charge is 2.71. The van der Waals surface area contributed by atoms with Crippen LogP contribution in [0.25, 0.3) is 0 Å². The number of carbonyl (C=O) groups is 3. The summed E-state index contributed by atoms with van der Waals surface area (Å²) in [7, 11) is 0. The minimum atomic E-state index is -1.23. The molecule has 3 aliphatic rings. The van der Waals surface area contributed by atoms with E-state index in [0.717, 1.165) is 16.8 Å². The normalized spacial score (nSPS) is 28.2. The standard InChI is InChI=1S/C27H29N3O3/c1-4-14-29-21-13-9-8-12-19(21)27(26(29)33)23-22(20(28-27)15-17(2)3)24(31)30(25(23)32)16-18-10-6-5-7-11-18/h4-13,17,20,22-23,28H,1,14-16H2,2-3H3/t20-,22+,23-,27+/m1/s1. The molecule has 0 bridgehead atoms. The second-order valence-electron chi connectivity index (χ2n) is 9.66. The van der Waals surface area contributed by atoms with Gasteiger partial charge in [-0.25, -0.2) is 0 Å². The van der Waals surface area contributed by atoms with Gasteiger partial charge < -0.3 is 4.90 Å². The van der Waals surface area contributed by atoms with Crippen LogP contribution in [0, 0.1) is 17.8 Å². The van der Waals surface area contributed by atoms with Crippen molar-refractivity contribution in [1.82, 2.24) is 10.2 Å². The molecule has 5 rings (SSSR count). The van der Waals surface area contributed by atoms with Crippen molar-refractivity contribution in [3.8, 4) is 0 Å². The maximum atomic E-state index is 14.0. The molecule has 6 nitrogen and oxygen atoms in total. The van der Waals surface area contributed by atoms with Crippen LogP contribution in [0.3, 0.4) is 0 Å². The highest BCUT2D eigenvalue weighted by atomic mass is 16.2. The second-order valence-corrected chi connectivity index (χ2v) is 9.66. The Morgan fingerprint density at radius 1 is 1.00 bits per heavy atom. The van der Waals surface area contributed by atoms with E-state index in [-0.39, 0.29) is 30.3 Å². The van der Waals surface area contributed by atoms with Crippen LogP contribution >= 0.6 is 0 Å². The highest BCUT2D eigenvalue weighted by Crippen LogP contribution is 2.55. The fourth-order valence-electron chi connectivity index (χ4n) is 5.95. The van der Waals surface area contributed by atoms with Gasteiger partial charge in [-0.3, -0.25) is 24.6 Å². The monoisotopic (exact) mass is 443 g/mol. The van der Waals surface area contributed by atoms with Crippen molar-refractivity contribution < 1.29 is 14.4 Å². The van der Waals surface area contributed by atoms with Crippen LogP contribution < -0.4 is 10.2 Å². The number of amides is 3. The van der Waals surface area contributed by atoms with Gasteiger partial charge in [0.15, 0.2) is 0 Å². The van der Waals surface area contributed by atoms with Crippen molar-refractivity contribution in [2.24, 2.45) is 17.8 Å². The molecule has 6 heteroatoms. The van der Waals surface area contributed by atoms with Crippen LogP contribution in [0.2, 0.25) is 0 Å². The fraction of sp³-hybridized carbons (Fsp3) is 0.370. The summed E-state index contributed by atoms with van der Waals surface area (Å²) in [6, 6.07) is 16.9. The highest BCUT2D eigenvalue weighted by molar-refractivity contribution is 6.16. The number of fused-ring (bicyclic) bond motifs is 4. The van der Waals surface area contributed by atoms with Crippen LogP contribution in [0.1, 0.15) is 31.4 Å². The first-order valence-corrected chi connectivity index (χ1v) is 11.6. The molecule has 1 N–H and O–H groups in total. The Morgan fingerprint density at radius 2 is 1.70 bits per heavy atom. The van der Waals surface area contributed by atoms with Gasteiger partial charge in [0.05, 0.1) is 18.4 Å². The zero-order valence-corrected chi connectivity index (χ0v) is 19.0. The molecule has 0 radical (unpaired) electrons. The van der Waals surface area contributed by atoms with Gasteiger partial charge in [-0.2, -0.15) is 0 Å². The van der Waals surface area contributed by atoms with E-state index >= 15 is 0 Å². The van der Waals surface area contributed by atoms with Crippen molar-refractivity contribution in [2.75, 3.05) is 11.4 Å².